The van der Waals surface area contributed by atoms with E-state index in [-0.39, 0.29) is 0 Å². The van der Waals surface area contributed by atoms with E-state index in [1.807, 2.05) is 0 Å². The third kappa shape index (κ3) is 14.4. The summed E-state index contributed by atoms with van der Waals surface area (Å²) in [4.78, 5) is 0. The third-order valence-electron chi connectivity index (χ3n) is 3.00. The van der Waals surface area contributed by atoms with Gasteiger partial charge in [0.05, 0.1) is 0 Å². The van der Waals surface area contributed by atoms with Crippen LogP contribution in [-0.4, -0.2) is 24.0 Å². The summed E-state index contributed by atoms with van der Waals surface area (Å²) >= 11 is 0. The largest absolute Gasteiger partial charge is 0.396 e. The van der Waals surface area contributed by atoms with Gasteiger partial charge >= 0.3 is 0 Å². The SMILES string of the molecule is CCCCCCCCCCCCPCCO. The number of aliphatic hydroxyl groups is 1. The second kappa shape index (κ2) is 15.4. The van der Waals surface area contributed by atoms with Crippen molar-refractivity contribution in [3.8, 4) is 0 Å². The molecule has 0 amide bonds. The molecule has 0 rings (SSSR count). The molecule has 0 aromatic rings. The fraction of sp³-hybridized carbons (Fsp3) is 1.00. The molecule has 16 heavy (non-hydrogen) atoms. The first-order valence-electron chi connectivity index (χ1n) is 7.23. The zero-order chi connectivity index (χ0) is 11.9. The Labute approximate surface area is 104 Å². The van der Waals surface area contributed by atoms with Crippen molar-refractivity contribution in [3.63, 3.8) is 0 Å². The fourth-order valence-corrected chi connectivity index (χ4v) is 2.85. The predicted molar refractivity (Wildman–Crippen MR) is 77.0 cm³/mol. The van der Waals surface area contributed by atoms with E-state index >= 15 is 0 Å². The topological polar surface area (TPSA) is 20.2 Å². The normalized spacial score (nSPS) is 11.6. The Bertz CT molecular complexity index is 103. The van der Waals surface area contributed by atoms with Crippen LogP contribution in [0.1, 0.15) is 71.1 Å². The molecule has 0 radical (unpaired) electrons. The van der Waals surface area contributed by atoms with Gasteiger partial charge in [0.25, 0.3) is 0 Å². The van der Waals surface area contributed by atoms with Gasteiger partial charge < -0.3 is 5.11 Å². The van der Waals surface area contributed by atoms with Crippen molar-refractivity contribution < 1.29 is 5.11 Å². The molecule has 98 valence electrons. The fourth-order valence-electron chi connectivity index (χ4n) is 1.94. The zero-order valence-corrected chi connectivity index (χ0v) is 12.1. The molecule has 0 aliphatic carbocycles. The molecule has 0 aliphatic rings. The van der Waals surface area contributed by atoms with E-state index in [1.54, 1.807) is 0 Å². The minimum atomic E-state index is 0.385. The van der Waals surface area contributed by atoms with Crippen LogP contribution in [0.15, 0.2) is 0 Å². The summed E-state index contributed by atoms with van der Waals surface area (Å²) in [5.74, 6) is 0. The lowest BCUT2D eigenvalue weighted by atomic mass is 10.1. The molecule has 1 N–H and O–H groups in total. The van der Waals surface area contributed by atoms with Crippen molar-refractivity contribution in [2.45, 2.75) is 71.1 Å². The second-order valence-corrected chi connectivity index (χ2v) is 6.16. The molecular formula is C14H31OP. The minimum absolute atomic E-state index is 0.385. The lowest BCUT2D eigenvalue weighted by molar-refractivity contribution is 0.322. The highest BCUT2D eigenvalue weighted by Crippen LogP contribution is 2.14. The highest BCUT2D eigenvalue weighted by Gasteiger charge is 1.92. The molecule has 0 heterocycles. The van der Waals surface area contributed by atoms with Gasteiger partial charge in [-0.25, -0.2) is 0 Å². The molecule has 0 fully saturated rings. The standard InChI is InChI=1S/C14H31OP/c1-2-3-4-5-6-7-8-9-10-11-13-16-14-12-15/h15-16H,2-14H2,1H3. The van der Waals surface area contributed by atoms with Crippen LogP contribution in [0.5, 0.6) is 0 Å². The third-order valence-corrected chi connectivity index (χ3v) is 4.28. The summed E-state index contributed by atoms with van der Waals surface area (Å²) in [6, 6.07) is 0. The van der Waals surface area contributed by atoms with Gasteiger partial charge in [0.1, 0.15) is 0 Å². The van der Waals surface area contributed by atoms with Gasteiger partial charge in [-0.3, -0.25) is 0 Å². The van der Waals surface area contributed by atoms with Crippen molar-refractivity contribution >= 4 is 8.58 Å². The summed E-state index contributed by atoms with van der Waals surface area (Å²) in [5, 5.41) is 8.63. The van der Waals surface area contributed by atoms with Crippen LogP contribution in [0.2, 0.25) is 0 Å². The first-order valence-corrected chi connectivity index (χ1v) is 8.64. The zero-order valence-electron chi connectivity index (χ0n) is 11.1. The summed E-state index contributed by atoms with van der Waals surface area (Å²) < 4.78 is 0. The molecular weight excluding hydrogens is 215 g/mol. The van der Waals surface area contributed by atoms with Crippen LogP contribution >= 0.6 is 8.58 Å². The van der Waals surface area contributed by atoms with Gasteiger partial charge in [-0.2, -0.15) is 0 Å². The van der Waals surface area contributed by atoms with Gasteiger partial charge in [0, 0.05) is 6.61 Å². The average molecular weight is 246 g/mol. The van der Waals surface area contributed by atoms with E-state index in [9.17, 15) is 0 Å². The van der Waals surface area contributed by atoms with Crippen molar-refractivity contribution in [2.75, 3.05) is 18.9 Å². The minimum Gasteiger partial charge on any atom is -0.396 e. The van der Waals surface area contributed by atoms with Crippen molar-refractivity contribution in [1.29, 1.82) is 0 Å². The Morgan fingerprint density at radius 2 is 1.19 bits per heavy atom. The molecule has 0 spiro atoms. The Hall–Kier alpha value is 0.390. The van der Waals surface area contributed by atoms with E-state index in [2.05, 4.69) is 6.92 Å². The lowest BCUT2D eigenvalue weighted by Gasteiger charge is -2.02. The van der Waals surface area contributed by atoms with E-state index in [1.165, 1.54) is 70.4 Å². The first-order chi connectivity index (χ1) is 7.91. The van der Waals surface area contributed by atoms with Gasteiger partial charge in [0.2, 0.25) is 0 Å². The molecule has 1 unspecified atom stereocenters. The molecule has 0 aromatic heterocycles. The Morgan fingerprint density at radius 3 is 1.69 bits per heavy atom. The molecule has 0 saturated carbocycles. The quantitative estimate of drug-likeness (QED) is 0.372. The van der Waals surface area contributed by atoms with E-state index in [0.717, 1.165) is 14.7 Å². The van der Waals surface area contributed by atoms with E-state index in [0.29, 0.717) is 6.61 Å². The van der Waals surface area contributed by atoms with Gasteiger partial charge in [-0.1, -0.05) is 64.7 Å². The highest BCUT2D eigenvalue weighted by molar-refractivity contribution is 7.37. The van der Waals surface area contributed by atoms with Gasteiger partial charge in [-0.15, -0.1) is 8.58 Å². The lowest BCUT2D eigenvalue weighted by Crippen LogP contribution is -1.87. The van der Waals surface area contributed by atoms with Crippen LogP contribution in [0.25, 0.3) is 0 Å². The molecule has 0 bridgehead atoms. The maximum absolute atomic E-state index is 8.63. The Kier molecular flexibility index (Phi) is 15.8. The first kappa shape index (κ1) is 16.4. The van der Waals surface area contributed by atoms with Crippen LogP contribution in [-0.2, 0) is 0 Å². The number of hydrogen-bond acceptors (Lipinski definition) is 1. The van der Waals surface area contributed by atoms with E-state index in [4.69, 9.17) is 5.11 Å². The van der Waals surface area contributed by atoms with Gasteiger partial charge in [-0.05, 0) is 18.7 Å². The number of aliphatic hydroxyl groups excluding tert-OH is 1. The Morgan fingerprint density at radius 1 is 0.688 bits per heavy atom. The second-order valence-electron chi connectivity index (χ2n) is 4.66. The van der Waals surface area contributed by atoms with Crippen LogP contribution in [0.4, 0.5) is 0 Å². The molecule has 2 heteroatoms. The van der Waals surface area contributed by atoms with Gasteiger partial charge in [0.15, 0.2) is 0 Å². The molecule has 1 atom stereocenters. The van der Waals surface area contributed by atoms with Crippen LogP contribution in [0.3, 0.4) is 0 Å². The summed E-state index contributed by atoms with van der Waals surface area (Å²) in [6.07, 6.45) is 16.6. The monoisotopic (exact) mass is 246 g/mol. The average Bonchev–Trinajstić information content (AvgIpc) is 2.31. The Balaban J connectivity index is 2.83. The van der Waals surface area contributed by atoms with Crippen molar-refractivity contribution in [2.24, 2.45) is 0 Å². The summed E-state index contributed by atoms with van der Waals surface area (Å²) in [6.45, 7) is 2.66. The molecule has 0 saturated heterocycles. The summed E-state index contributed by atoms with van der Waals surface area (Å²) in [5.41, 5.74) is 0. The van der Waals surface area contributed by atoms with Crippen LogP contribution < -0.4 is 0 Å². The van der Waals surface area contributed by atoms with Crippen molar-refractivity contribution in [1.82, 2.24) is 0 Å². The number of unbranched alkanes of at least 4 members (excludes halogenated alkanes) is 9. The predicted octanol–water partition coefficient (Wildman–Crippen LogP) is 4.58. The maximum atomic E-state index is 8.63. The van der Waals surface area contributed by atoms with Crippen molar-refractivity contribution in [3.05, 3.63) is 0 Å². The molecule has 0 aliphatic heterocycles. The molecule has 0 aromatic carbocycles. The highest BCUT2D eigenvalue weighted by atomic mass is 31.1. The van der Waals surface area contributed by atoms with E-state index < -0.39 is 0 Å². The number of hydrogen-bond donors (Lipinski definition) is 1. The number of rotatable bonds is 13. The van der Waals surface area contributed by atoms with Crippen LogP contribution in [0, 0.1) is 0 Å². The summed E-state index contributed by atoms with van der Waals surface area (Å²) in [7, 11) is 0.994. The maximum Gasteiger partial charge on any atom is 0.0467 e. The smallest absolute Gasteiger partial charge is 0.0467 e. The molecule has 1 nitrogen and oxygen atoms in total.